The Labute approximate surface area is 92.8 Å². The summed E-state index contributed by atoms with van der Waals surface area (Å²) in [7, 11) is 0. The molecule has 1 aromatic carbocycles. The maximum absolute atomic E-state index is 10.7. The van der Waals surface area contributed by atoms with Crippen LogP contribution in [0.15, 0.2) is 18.2 Å². The van der Waals surface area contributed by atoms with Crippen molar-refractivity contribution in [3.05, 3.63) is 33.9 Å². The molecule has 0 atom stereocenters. The average molecular weight is 221 g/mol. The van der Waals surface area contributed by atoms with Crippen LogP contribution in [0.1, 0.15) is 12.0 Å². The van der Waals surface area contributed by atoms with Crippen molar-refractivity contribution < 1.29 is 14.8 Å². The number of nitrogens with zero attached hydrogens (tertiary/aromatic N) is 1. The highest BCUT2D eigenvalue weighted by atomic mass is 16.6. The van der Waals surface area contributed by atoms with Crippen molar-refractivity contribution in [3.8, 4) is 18.1 Å². The van der Waals surface area contributed by atoms with Crippen molar-refractivity contribution in [2.75, 3.05) is 6.61 Å². The molecule has 1 aromatic rings. The van der Waals surface area contributed by atoms with E-state index in [0.717, 1.165) is 0 Å². The first-order valence-corrected chi connectivity index (χ1v) is 4.63. The molecule has 0 aliphatic carbocycles. The van der Waals surface area contributed by atoms with Crippen molar-refractivity contribution in [2.45, 2.75) is 13.0 Å². The Morgan fingerprint density at radius 1 is 1.56 bits per heavy atom. The SMILES string of the molecule is C#CCCOc1cc(CO)ccc1[N+](=O)[O-]. The number of aliphatic hydroxyl groups excluding tert-OH is 1. The van der Waals surface area contributed by atoms with Gasteiger partial charge in [0.1, 0.15) is 0 Å². The highest BCUT2D eigenvalue weighted by molar-refractivity contribution is 5.48. The van der Waals surface area contributed by atoms with E-state index in [4.69, 9.17) is 16.3 Å². The number of hydrogen-bond donors (Lipinski definition) is 1. The second kappa shape index (κ2) is 5.73. The molecule has 0 heterocycles. The van der Waals surface area contributed by atoms with Crippen LogP contribution in [0.3, 0.4) is 0 Å². The molecule has 0 amide bonds. The minimum absolute atomic E-state index is 0.130. The third kappa shape index (κ3) is 2.97. The molecule has 0 aliphatic heterocycles. The first-order valence-electron chi connectivity index (χ1n) is 4.63. The average Bonchev–Trinajstić information content (AvgIpc) is 2.29. The van der Waals surface area contributed by atoms with Gasteiger partial charge in [0, 0.05) is 12.5 Å². The van der Waals surface area contributed by atoms with Crippen LogP contribution in [-0.4, -0.2) is 16.6 Å². The fourth-order valence-electron chi connectivity index (χ4n) is 1.14. The largest absolute Gasteiger partial charge is 0.486 e. The van der Waals surface area contributed by atoms with Crippen LogP contribution in [0.4, 0.5) is 5.69 Å². The molecule has 84 valence electrons. The summed E-state index contributed by atoms with van der Waals surface area (Å²) in [6, 6.07) is 4.22. The summed E-state index contributed by atoms with van der Waals surface area (Å²) in [5, 5.41) is 19.6. The van der Waals surface area contributed by atoms with Gasteiger partial charge in [-0.05, 0) is 17.7 Å². The highest BCUT2D eigenvalue weighted by Crippen LogP contribution is 2.28. The fourth-order valence-corrected chi connectivity index (χ4v) is 1.14. The van der Waals surface area contributed by atoms with Crippen LogP contribution in [0.2, 0.25) is 0 Å². The topological polar surface area (TPSA) is 72.6 Å². The lowest BCUT2D eigenvalue weighted by atomic mass is 10.2. The number of hydrogen-bond acceptors (Lipinski definition) is 4. The van der Waals surface area contributed by atoms with Gasteiger partial charge in [0.15, 0.2) is 5.75 Å². The monoisotopic (exact) mass is 221 g/mol. The fraction of sp³-hybridized carbons (Fsp3) is 0.273. The van der Waals surface area contributed by atoms with Gasteiger partial charge in [0.25, 0.3) is 0 Å². The molecule has 0 aromatic heterocycles. The smallest absolute Gasteiger partial charge is 0.310 e. The van der Waals surface area contributed by atoms with E-state index >= 15 is 0 Å². The van der Waals surface area contributed by atoms with Crippen LogP contribution >= 0.6 is 0 Å². The quantitative estimate of drug-likeness (QED) is 0.354. The number of terminal acetylenes is 1. The lowest BCUT2D eigenvalue weighted by Gasteiger charge is -2.06. The number of nitro groups is 1. The van der Waals surface area contributed by atoms with E-state index in [-0.39, 0.29) is 24.7 Å². The molecular weight excluding hydrogens is 210 g/mol. The molecular formula is C11H11NO4. The van der Waals surface area contributed by atoms with E-state index in [1.807, 2.05) is 0 Å². The van der Waals surface area contributed by atoms with Gasteiger partial charge >= 0.3 is 5.69 Å². The van der Waals surface area contributed by atoms with E-state index in [0.29, 0.717) is 12.0 Å². The van der Waals surface area contributed by atoms with Gasteiger partial charge in [-0.2, -0.15) is 0 Å². The molecule has 0 unspecified atom stereocenters. The number of aliphatic hydroxyl groups is 1. The minimum Gasteiger partial charge on any atom is -0.486 e. The van der Waals surface area contributed by atoms with Gasteiger partial charge < -0.3 is 9.84 Å². The number of nitro benzene ring substituents is 1. The van der Waals surface area contributed by atoms with Gasteiger partial charge in [0.05, 0.1) is 18.1 Å². The molecule has 0 aliphatic rings. The van der Waals surface area contributed by atoms with Gasteiger partial charge in [0.2, 0.25) is 0 Å². The zero-order valence-corrected chi connectivity index (χ0v) is 8.55. The summed E-state index contributed by atoms with van der Waals surface area (Å²) in [6.07, 6.45) is 5.42. The Morgan fingerprint density at radius 2 is 2.31 bits per heavy atom. The van der Waals surface area contributed by atoms with E-state index < -0.39 is 4.92 Å². The first-order chi connectivity index (χ1) is 7.69. The summed E-state index contributed by atoms with van der Waals surface area (Å²) >= 11 is 0. The van der Waals surface area contributed by atoms with E-state index in [2.05, 4.69) is 5.92 Å². The number of rotatable bonds is 5. The minimum atomic E-state index is -0.535. The second-order valence-electron chi connectivity index (χ2n) is 3.02. The van der Waals surface area contributed by atoms with Crippen molar-refractivity contribution >= 4 is 5.69 Å². The van der Waals surface area contributed by atoms with Crippen molar-refractivity contribution in [1.29, 1.82) is 0 Å². The van der Waals surface area contributed by atoms with Gasteiger partial charge in [-0.3, -0.25) is 10.1 Å². The van der Waals surface area contributed by atoms with Crippen molar-refractivity contribution in [1.82, 2.24) is 0 Å². The maximum Gasteiger partial charge on any atom is 0.310 e. The molecule has 16 heavy (non-hydrogen) atoms. The summed E-state index contributed by atoms with van der Waals surface area (Å²) in [6.45, 7) is 0.0235. The standard InChI is InChI=1S/C11H11NO4/c1-2-3-6-16-11-7-9(8-13)4-5-10(11)12(14)15/h1,4-5,7,13H,3,6,8H2. The number of ether oxygens (including phenoxy) is 1. The molecule has 0 radical (unpaired) electrons. The normalized spacial score (nSPS) is 9.50. The van der Waals surface area contributed by atoms with Crippen LogP contribution in [0.5, 0.6) is 5.75 Å². The van der Waals surface area contributed by atoms with Crippen LogP contribution < -0.4 is 4.74 Å². The zero-order chi connectivity index (χ0) is 12.0. The molecule has 1 N–H and O–H groups in total. The third-order valence-electron chi connectivity index (χ3n) is 1.91. The summed E-state index contributed by atoms with van der Waals surface area (Å²) in [5.41, 5.74) is 0.426. The Bertz CT molecular complexity index is 422. The molecule has 0 fully saturated rings. The Balaban J connectivity index is 2.92. The predicted molar refractivity (Wildman–Crippen MR) is 58.0 cm³/mol. The lowest BCUT2D eigenvalue weighted by Crippen LogP contribution is -2.00. The van der Waals surface area contributed by atoms with Crippen LogP contribution in [-0.2, 0) is 6.61 Å². The maximum atomic E-state index is 10.7. The Morgan fingerprint density at radius 3 is 2.88 bits per heavy atom. The molecule has 0 bridgehead atoms. The van der Waals surface area contributed by atoms with Crippen LogP contribution in [0.25, 0.3) is 0 Å². The summed E-state index contributed by atoms with van der Waals surface area (Å²) < 4.78 is 5.19. The van der Waals surface area contributed by atoms with Crippen LogP contribution in [0, 0.1) is 22.5 Å². The predicted octanol–water partition coefficient (Wildman–Crippen LogP) is 1.49. The molecule has 0 spiro atoms. The molecule has 0 saturated heterocycles. The molecule has 5 heteroatoms. The highest BCUT2D eigenvalue weighted by Gasteiger charge is 2.15. The zero-order valence-electron chi connectivity index (χ0n) is 8.55. The summed E-state index contributed by atoms with van der Waals surface area (Å²) in [4.78, 5) is 10.1. The second-order valence-corrected chi connectivity index (χ2v) is 3.02. The van der Waals surface area contributed by atoms with Gasteiger partial charge in [-0.25, -0.2) is 0 Å². The molecule has 5 nitrogen and oxygen atoms in total. The van der Waals surface area contributed by atoms with Gasteiger partial charge in [-0.1, -0.05) is 0 Å². The summed E-state index contributed by atoms with van der Waals surface area (Å²) in [5.74, 6) is 2.50. The van der Waals surface area contributed by atoms with E-state index in [1.54, 1.807) is 0 Å². The Hall–Kier alpha value is -2.06. The van der Waals surface area contributed by atoms with E-state index in [9.17, 15) is 10.1 Å². The third-order valence-corrected chi connectivity index (χ3v) is 1.91. The van der Waals surface area contributed by atoms with E-state index in [1.165, 1.54) is 18.2 Å². The molecule has 0 saturated carbocycles. The van der Waals surface area contributed by atoms with Crippen molar-refractivity contribution in [3.63, 3.8) is 0 Å². The lowest BCUT2D eigenvalue weighted by molar-refractivity contribution is -0.385. The Kier molecular flexibility index (Phi) is 4.30. The van der Waals surface area contributed by atoms with Gasteiger partial charge in [-0.15, -0.1) is 12.3 Å². The molecule has 1 rings (SSSR count). The number of benzene rings is 1. The first kappa shape index (κ1) is 12.0. The van der Waals surface area contributed by atoms with Crippen molar-refractivity contribution in [2.24, 2.45) is 0 Å².